The fourth-order valence-electron chi connectivity index (χ4n) is 9.07. The van der Waals surface area contributed by atoms with E-state index in [-0.39, 0.29) is 120 Å². The quantitative estimate of drug-likeness (QED) is 0.0467. The third kappa shape index (κ3) is 20.9. The van der Waals surface area contributed by atoms with Crippen LogP contribution in [0.4, 0.5) is 13.2 Å². The molecule has 3 aromatic rings. The standard InChI is InChI=1S/C52H73F3N14O9/c1-29(70)65-39(13-7-23-63-51(60)61)47(76)67-40-19-18-35(71)9-2-4-12-38(45(57)74)66-46(75)32(25-33-28-64-37-11-5-3-10-36(33)37)27-43(72)31(8-6-22-62-50(58)59)26-44(73)42(69-49(78)41(20-21-56)68-48(40)77)24-30-14-16-34(17-15-30)52(53,54)55/h3,5,10-11,14-17,28,31-32,38-42,64H,2,4,6-9,12-13,18-27,56H2,1H3,(H2,57,74)(H,65,70)(H,66,75)(H,67,76)(H,68,77)(H,69,78)(H4,58,59,62)(H4,60,61,63)/t31-,32-,38+,39+,40+,41+,42-/m1/s1. The van der Waals surface area contributed by atoms with Crippen LogP contribution in [-0.2, 0) is 62.2 Å². The van der Waals surface area contributed by atoms with E-state index in [1.807, 2.05) is 18.2 Å². The number of aromatic nitrogens is 1. The first-order chi connectivity index (χ1) is 36.9. The van der Waals surface area contributed by atoms with Crippen LogP contribution in [-0.4, -0.2) is 120 Å². The van der Waals surface area contributed by atoms with Gasteiger partial charge in [-0.05, 0) is 100 Å². The molecule has 1 fully saturated rings. The van der Waals surface area contributed by atoms with E-state index < -0.39 is 120 Å². The van der Waals surface area contributed by atoms with E-state index in [1.165, 1.54) is 6.92 Å². The van der Waals surface area contributed by atoms with Crippen molar-refractivity contribution in [1.82, 2.24) is 31.6 Å². The number of primary amides is 1. The molecule has 0 aliphatic carbocycles. The van der Waals surface area contributed by atoms with Crippen LogP contribution in [0.25, 0.3) is 10.9 Å². The van der Waals surface area contributed by atoms with Gasteiger partial charge < -0.3 is 66.0 Å². The van der Waals surface area contributed by atoms with Crippen molar-refractivity contribution in [2.24, 2.45) is 56.2 Å². The third-order valence-corrected chi connectivity index (χ3v) is 13.2. The summed E-state index contributed by atoms with van der Waals surface area (Å²) in [7, 11) is 0. The highest BCUT2D eigenvalue weighted by atomic mass is 19.4. The maximum absolute atomic E-state index is 14.7. The van der Waals surface area contributed by atoms with Crippen LogP contribution in [0.15, 0.2) is 64.7 Å². The lowest BCUT2D eigenvalue weighted by atomic mass is 9.83. The zero-order valence-corrected chi connectivity index (χ0v) is 43.6. The minimum atomic E-state index is -4.70. The molecular formula is C52H73F3N14O9. The Hall–Kier alpha value is -7.90. The lowest BCUT2D eigenvalue weighted by Gasteiger charge is -2.27. The van der Waals surface area contributed by atoms with Gasteiger partial charge in [-0.2, -0.15) is 13.2 Å². The number of amides is 6. The van der Waals surface area contributed by atoms with Gasteiger partial charge in [-0.15, -0.1) is 0 Å². The number of hydrogen-bond acceptors (Lipinski definition) is 12. The monoisotopic (exact) mass is 1090 g/mol. The van der Waals surface area contributed by atoms with Crippen LogP contribution in [0.2, 0.25) is 0 Å². The number of aromatic amines is 1. The Morgan fingerprint density at radius 2 is 1.38 bits per heavy atom. The summed E-state index contributed by atoms with van der Waals surface area (Å²) < 4.78 is 41.0. The Kier molecular flexibility index (Phi) is 24.7. The van der Waals surface area contributed by atoms with Gasteiger partial charge >= 0.3 is 6.18 Å². The number of carbonyl (C=O) groups is 9. The SMILES string of the molecule is CC(=O)N[C@@H](CCCN=C(N)N)C(=O)N[C@H]1CCC(=O)CCCC[C@@H](C(N)=O)NC(=O)[C@H](Cc2c[nH]c3ccccc23)CC(=O)[C@H](CCCN=C(N)N)CC(=O)[C@@H](Cc2ccc(C(F)(F)F)cc2)NC(=O)[C@H](CCN)NC1=O. The molecule has 1 saturated heterocycles. The van der Waals surface area contributed by atoms with E-state index in [2.05, 4.69) is 41.6 Å². The third-order valence-electron chi connectivity index (χ3n) is 13.2. The molecule has 426 valence electrons. The first-order valence-electron chi connectivity index (χ1n) is 25.8. The fraction of sp³-hybridized carbons (Fsp3) is 0.519. The molecule has 7 atom stereocenters. The molecule has 2 heterocycles. The fourth-order valence-corrected chi connectivity index (χ4v) is 9.07. The molecule has 26 heteroatoms. The van der Waals surface area contributed by atoms with Gasteiger partial charge in [-0.1, -0.05) is 36.8 Å². The highest BCUT2D eigenvalue weighted by molar-refractivity contribution is 5.98. The van der Waals surface area contributed by atoms with Crippen molar-refractivity contribution < 1.29 is 56.3 Å². The van der Waals surface area contributed by atoms with E-state index >= 15 is 0 Å². The zero-order valence-electron chi connectivity index (χ0n) is 43.6. The molecule has 0 saturated carbocycles. The van der Waals surface area contributed by atoms with Crippen molar-refractivity contribution in [3.05, 3.63) is 71.4 Å². The number of hydrogen-bond donors (Lipinski definition) is 12. The lowest BCUT2D eigenvalue weighted by Crippen LogP contribution is -2.58. The smallest absolute Gasteiger partial charge is 0.370 e. The van der Waals surface area contributed by atoms with Crippen molar-refractivity contribution in [2.75, 3.05) is 19.6 Å². The summed E-state index contributed by atoms with van der Waals surface area (Å²) in [4.78, 5) is 136. The summed E-state index contributed by atoms with van der Waals surface area (Å²) in [6.07, 6.45) is -4.49. The van der Waals surface area contributed by atoms with Crippen molar-refractivity contribution in [3.8, 4) is 0 Å². The highest BCUT2D eigenvalue weighted by Gasteiger charge is 2.36. The van der Waals surface area contributed by atoms with Crippen LogP contribution >= 0.6 is 0 Å². The second kappa shape index (κ2) is 30.7. The highest BCUT2D eigenvalue weighted by Crippen LogP contribution is 2.30. The number of alkyl halides is 3. The summed E-state index contributed by atoms with van der Waals surface area (Å²) in [6.45, 7) is 1.10. The van der Waals surface area contributed by atoms with Crippen molar-refractivity contribution in [2.45, 2.75) is 140 Å². The number of nitrogens with one attached hydrogen (secondary N) is 6. The first kappa shape index (κ1) is 62.6. The Morgan fingerprint density at radius 3 is 2.03 bits per heavy atom. The molecule has 0 radical (unpaired) electrons. The topological polar surface area (TPSA) is 410 Å². The van der Waals surface area contributed by atoms with Gasteiger partial charge in [0.15, 0.2) is 17.7 Å². The van der Waals surface area contributed by atoms with Crippen LogP contribution in [0, 0.1) is 11.8 Å². The molecule has 0 bridgehead atoms. The van der Waals surface area contributed by atoms with Crippen LogP contribution < -0.4 is 61.0 Å². The predicted octanol–water partition coefficient (Wildman–Crippen LogP) is 0.431. The molecule has 1 aromatic heterocycles. The largest absolute Gasteiger partial charge is 0.416 e. The molecule has 18 N–H and O–H groups in total. The predicted molar refractivity (Wildman–Crippen MR) is 284 cm³/mol. The Labute approximate surface area is 449 Å². The molecule has 4 rings (SSSR count). The molecule has 0 unspecified atom stereocenters. The number of halogens is 3. The summed E-state index contributed by atoms with van der Waals surface area (Å²) in [5, 5.41) is 13.7. The number of aliphatic imine (C=N–C) groups is 2. The number of H-pyrrole nitrogens is 1. The minimum absolute atomic E-state index is 0.00269. The van der Waals surface area contributed by atoms with Gasteiger partial charge in [-0.25, -0.2) is 0 Å². The molecular weight excluding hydrogens is 1020 g/mol. The summed E-state index contributed by atoms with van der Waals surface area (Å²) in [5.74, 6) is -9.30. The average Bonchev–Trinajstić information content (AvgIpc) is 3.79. The molecule has 6 amide bonds. The van der Waals surface area contributed by atoms with Gasteiger partial charge in [0.2, 0.25) is 35.4 Å². The first-order valence-corrected chi connectivity index (χ1v) is 25.8. The maximum Gasteiger partial charge on any atom is 0.416 e. The second-order valence-corrected chi connectivity index (χ2v) is 19.4. The Morgan fingerprint density at radius 1 is 0.731 bits per heavy atom. The van der Waals surface area contributed by atoms with Gasteiger partial charge in [0, 0.05) is 74.6 Å². The Bertz CT molecular complexity index is 2630. The summed E-state index contributed by atoms with van der Waals surface area (Å²) in [6, 6.07) is 4.11. The molecule has 1 aliphatic rings. The number of fused-ring (bicyclic) bond motifs is 1. The number of para-hydroxylation sites is 1. The lowest BCUT2D eigenvalue weighted by molar-refractivity contribution is -0.137. The number of Topliss-reactive ketones (excluding diaryl/α,β-unsaturated/α-hetero) is 3. The van der Waals surface area contributed by atoms with E-state index in [9.17, 15) is 56.3 Å². The minimum Gasteiger partial charge on any atom is -0.370 e. The average molecular weight is 1100 g/mol. The van der Waals surface area contributed by atoms with E-state index in [4.69, 9.17) is 34.4 Å². The normalized spacial score (nSPS) is 21.3. The van der Waals surface area contributed by atoms with E-state index in [1.54, 1.807) is 12.3 Å². The number of guanidine groups is 2. The van der Waals surface area contributed by atoms with Gasteiger partial charge in [0.25, 0.3) is 0 Å². The van der Waals surface area contributed by atoms with Crippen molar-refractivity contribution in [3.63, 3.8) is 0 Å². The summed E-state index contributed by atoms with van der Waals surface area (Å²) in [5.41, 5.74) is 34.3. The number of nitrogens with two attached hydrogens (primary N) is 6. The van der Waals surface area contributed by atoms with Gasteiger partial charge in [0.1, 0.15) is 35.7 Å². The number of nitrogens with zero attached hydrogens (tertiary/aromatic N) is 2. The van der Waals surface area contributed by atoms with E-state index in [0.717, 1.165) is 35.2 Å². The number of ketones is 3. The number of benzene rings is 2. The second-order valence-electron chi connectivity index (χ2n) is 19.4. The van der Waals surface area contributed by atoms with Crippen molar-refractivity contribution >= 4 is 75.6 Å². The molecule has 1 aliphatic heterocycles. The number of rotatable bonds is 18. The van der Waals surface area contributed by atoms with Crippen LogP contribution in [0.3, 0.4) is 0 Å². The molecule has 23 nitrogen and oxygen atoms in total. The molecule has 2 aromatic carbocycles. The molecule has 78 heavy (non-hydrogen) atoms. The zero-order chi connectivity index (χ0) is 57.5. The van der Waals surface area contributed by atoms with Gasteiger partial charge in [0.05, 0.1) is 11.6 Å². The maximum atomic E-state index is 14.7. The van der Waals surface area contributed by atoms with E-state index in [0.29, 0.717) is 5.56 Å². The van der Waals surface area contributed by atoms with Gasteiger partial charge in [-0.3, -0.25) is 53.1 Å². The van der Waals surface area contributed by atoms with Crippen LogP contribution in [0.1, 0.15) is 107 Å². The van der Waals surface area contributed by atoms with Crippen LogP contribution in [0.5, 0.6) is 0 Å². The Balaban J connectivity index is 1.80. The van der Waals surface area contributed by atoms with Crippen molar-refractivity contribution in [1.29, 1.82) is 0 Å². The number of carbonyl (C=O) groups excluding carboxylic acids is 9. The molecule has 0 spiro atoms. The summed E-state index contributed by atoms with van der Waals surface area (Å²) >= 11 is 0.